The number of carbonyl (C=O) groups excluding carboxylic acids is 2. The molecule has 5 atom stereocenters. The molecule has 1 saturated heterocycles. The first-order chi connectivity index (χ1) is 15.1. The van der Waals surface area contributed by atoms with E-state index < -0.39 is 17.5 Å². The summed E-state index contributed by atoms with van der Waals surface area (Å²) < 4.78 is 4.83. The average Bonchev–Trinajstić information content (AvgIpc) is 2.75. The number of halogens is 2. The quantitative estimate of drug-likeness (QED) is 0.530. The summed E-state index contributed by atoms with van der Waals surface area (Å²) in [6.45, 7) is 3.81. The molecule has 3 rings (SSSR count). The highest BCUT2D eigenvalue weighted by Gasteiger charge is 2.47. The van der Waals surface area contributed by atoms with Crippen LogP contribution in [0, 0.1) is 11.3 Å². The van der Waals surface area contributed by atoms with Crippen LogP contribution in [0.25, 0.3) is 0 Å². The minimum atomic E-state index is -0.898. The number of benzene rings is 2. The van der Waals surface area contributed by atoms with Crippen molar-refractivity contribution in [1.82, 2.24) is 5.32 Å². The van der Waals surface area contributed by atoms with Gasteiger partial charge in [-0.15, -0.1) is 0 Å². The van der Waals surface area contributed by atoms with Crippen molar-refractivity contribution in [1.29, 1.82) is 0 Å². The molecular weight excluding hydrogens is 449 g/mol. The fraction of sp³-hybridized carbons (Fsp3) is 0.440. The second-order valence-corrected chi connectivity index (χ2v) is 9.83. The van der Waals surface area contributed by atoms with E-state index in [-0.39, 0.29) is 30.2 Å². The molecule has 1 aliphatic rings. The van der Waals surface area contributed by atoms with Crippen molar-refractivity contribution in [3.05, 3.63) is 69.7 Å². The van der Waals surface area contributed by atoms with Crippen molar-refractivity contribution >= 4 is 35.1 Å². The van der Waals surface area contributed by atoms with Gasteiger partial charge in [-0.25, -0.2) is 0 Å². The van der Waals surface area contributed by atoms with Gasteiger partial charge in [-0.1, -0.05) is 61.3 Å². The first kappa shape index (κ1) is 24.6. The van der Waals surface area contributed by atoms with Crippen LogP contribution in [0.1, 0.15) is 56.3 Å². The summed E-state index contributed by atoms with van der Waals surface area (Å²) in [7, 11) is 1.32. The Labute approximate surface area is 199 Å². The number of esters is 1. The topological polar surface area (TPSA) is 75.6 Å². The van der Waals surface area contributed by atoms with Crippen molar-refractivity contribution in [2.24, 2.45) is 11.3 Å². The molecule has 2 aromatic carbocycles. The highest BCUT2D eigenvalue weighted by molar-refractivity contribution is 6.30. The monoisotopic (exact) mass is 477 g/mol. The summed E-state index contributed by atoms with van der Waals surface area (Å²) in [5.41, 5.74) is 0.870. The highest BCUT2D eigenvalue weighted by atomic mass is 35.5. The van der Waals surface area contributed by atoms with Gasteiger partial charge in [-0.2, -0.15) is 0 Å². The smallest absolute Gasteiger partial charge is 0.306 e. The zero-order chi connectivity index (χ0) is 23.5. The predicted molar refractivity (Wildman–Crippen MR) is 126 cm³/mol. The Morgan fingerprint density at radius 3 is 2.53 bits per heavy atom. The fourth-order valence-electron chi connectivity index (χ4n) is 4.60. The summed E-state index contributed by atoms with van der Waals surface area (Å²) in [5.74, 6) is -0.721. The number of amides is 1. The molecule has 1 amide bonds. The fourth-order valence-corrected chi connectivity index (χ4v) is 4.92. The Morgan fingerprint density at radius 2 is 1.91 bits per heavy atom. The number of piperidine rings is 1. The molecule has 2 aromatic rings. The van der Waals surface area contributed by atoms with Crippen molar-refractivity contribution < 1.29 is 19.4 Å². The average molecular weight is 478 g/mol. The normalized spacial score (nSPS) is 25.0. The molecule has 7 heteroatoms. The van der Waals surface area contributed by atoms with Gasteiger partial charge in [0.1, 0.15) is 0 Å². The zero-order valence-corrected chi connectivity index (χ0v) is 20.0. The third kappa shape index (κ3) is 5.64. The molecule has 32 heavy (non-hydrogen) atoms. The summed E-state index contributed by atoms with van der Waals surface area (Å²) in [6.07, 6.45) is 0.237. The number of nitrogens with one attached hydrogen (secondary N) is 1. The molecule has 0 radical (unpaired) electrons. The molecule has 0 saturated carbocycles. The van der Waals surface area contributed by atoms with Crippen molar-refractivity contribution in [2.75, 3.05) is 7.11 Å². The van der Waals surface area contributed by atoms with Crippen LogP contribution in [-0.2, 0) is 14.3 Å². The number of hydrogen-bond donors (Lipinski definition) is 2. The predicted octanol–water partition coefficient (Wildman–Crippen LogP) is 5.29. The van der Waals surface area contributed by atoms with Crippen LogP contribution in [0.4, 0.5) is 0 Å². The van der Waals surface area contributed by atoms with E-state index in [1.165, 1.54) is 7.11 Å². The van der Waals surface area contributed by atoms with Crippen molar-refractivity contribution in [3.8, 4) is 0 Å². The molecular formula is C25H29Cl2NO4. The lowest BCUT2D eigenvalue weighted by Gasteiger charge is -2.44. The van der Waals surface area contributed by atoms with Crippen LogP contribution in [0.3, 0.4) is 0 Å². The van der Waals surface area contributed by atoms with Gasteiger partial charge in [0.2, 0.25) is 5.91 Å². The van der Waals surface area contributed by atoms with Gasteiger partial charge in [0.25, 0.3) is 0 Å². The third-order valence-electron chi connectivity index (χ3n) is 6.45. The van der Waals surface area contributed by atoms with Crippen LogP contribution in [0.2, 0.25) is 10.0 Å². The molecule has 1 fully saturated rings. The first-order valence-electron chi connectivity index (χ1n) is 10.7. The Balaban J connectivity index is 1.87. The maximum atomic E-state index is 13.1. The van der Waals surface area contributed by atoms with E-state index in [1.807, 2.05) is 31.2 Å². The molecule has 2 N–H and O–H groups in total. The lowest BCUT2D eigenvalue weighted by molar-refractivity contribution is -0.150. The highest BCUT2D eigenvalue weighted by Crippen LogP contribution is 2.44. The van der Waals surface area contributed by atoms with Gasteiger partial charge in [-0.05, 0) is 54.2 Å². The van der Waals surface area contributed by atoms with Crippen LogP contribution in [0.5, 0.6) is 0 Å². The van der Waals surface area contributed by atoms with E-state index >= 15 is 0 Å². The van der Waals surface area contributed by atoms with Gasteiger partial charge < -0.3 is 15.2 Å². The maximum Gasteiger partial charge on any atom is 0.306 e. The number of aliphatic hydroxyl groups excluding tert-OH is 1. The second kappa shape index (κ2) is 10.2. The van der Waals surface area contributed by atoms with Crippen LogP contribution < -0.4 is 5.32 Å². The summed E-state index contributed by atoms with van der Waals surface area (Å²) >= 11 is 12.2. The van der Waals surface area contributed by atoms with Gasteiger partial charge >= 0.3 is 5.97 Å². The third-order valence-corrected chi connectivity index (χ3v) is 6.94. The second-order valence-electron chi connectivity index (χ2n) is 8.96. The van der Waals surface area contributed by atoms with E-state index in [0.717, 1.165) is 11.1 Å². The Morgan fingerprint density at radius 1 is 1.22 bits per heavy atom. The number of methoxy groups -OCH3 is 1. The summed E-state index contributed by atoms with van der Waals surface area (Å²) in [4.78, 5) is 25.1. The molecule has 172 valence electrons. The van der Waals surface area contributed by atoms with Crippen LogP contribution in [0.15, 0.2) is 48.5 Å². The Hall–Kier alpha value is -2.08. The molecule has 0 aromatic heterocycles. The van der Waals surface area contributed by atoms with Crippen molar-refractivity contribution in [3.63, 3.8) is 0 Å². The van der Waals surface area contributed by atoms with E-state index in [4.69, 9.17) is 27.9 Å². The van der Waals surface area contributed by atoms with Gasteiger partial charge in [-0.3, -0.25) is 9.59 Å². The maximum absolute atomic E-state index is 13.1. The molecule has 5 nitrogen and oxygen atoms in total. The summed E-state index contributed by atoms with van der Waals surface area (Å²) in [5, 5.41) is 15.2. The standard InChI is InChI=1S/C25H29Cl2NO4/c1-15(11-21(29)16-7-9-18(26)10-8-16)23-20(17-5-4-6-19(27)12-17)13-25(2,24(31)28-23)14-22(30)32-3/h4-10,12,15,20-21,23,29H,11,13-14H2,1-3H3,(H,28,31)/t15?,20-,21+,23+,25+/m1/s1. The van der Waals surface area contributed by atoms with Gasteiger partial charge in [0.15, 0.2) is 0 Å². The number of aliphatic hydroxyl groups is 1. The molecule has 1 unspecified atom stereocenters. The number of hydrogen-bond acceptors (Lipinski definition) is 4. The largest absolute Gasteiger partial charge is 0.469 e. The molecule has 0 aliphatic carbocycles. The first-order valence-corrected chi connectivity index (χ1v) is 11.5. The number of ether oxygens (including phenoxy) is 1. The Kier molecular flexibility index (Phi) is 7.86. The van der Waals surface area contributed by atoms with Crippen molar-refractivity contribution in [2.45, 2.75) is 51.2 Å². The lowest BCUT2D eigenvalue weighted by atomic mass is 9.67. The Bertz CT molecular complexity index is 965. The van der Waals surface area contributed by atoms with E-state index in [2.05, 4.69) is 5.32 Å². The van der Waals surface area contributed by atoms with Gasteiger partial charge in [0, 0.05) is 22.0 Å². The molecule has 1 heterocycles. The molecule has 0 bridgehead atoms. The zero-order valence-electron chi connectivity index (χ0n) is 18.5. The minimum Gasteiger partial charge on any atom is -0.469 e. The van der Waals surface area contributed by atoms with Crippen LogP contribution >= 0.6 is 23.2 Å². The summed E-state index contributed by atoms with van der Waals surface area (Å²) in [6, 6.07) is 14.5. The molecule has 1 aliphatic heterocycles. The molecule has 0 spiro atoms. The minimum absolute atomic E-state index is 0.000893. The van der Waals surface area contributed by atoms with E-state index in [0.29, 0.717) is 22.9 Å². The number of carbonyl (C=O) groups is 2. The van der Waals surface area contributed by atoms with Gasteiger partial charge in [0.05, 0.1) is 25.0 Å². The van der Waals surface area contributed by atoms with E-state index in [9.17, 15) is 14.7 Å². The number of rotatable bonds is 7. The SMILES string of the molecule is COC(=O)C[C@]1(C)C[C@H](c2cccc(Cl)c2)[C@H](C(C)C[C@H](O)c2ccc(Cl)cc2)NC1=O. The lowest BCUT2D eigenvalue weighted by Crippen LogP contribution is -2.56. The van der Waals surface area contributed by atoms with Crippen LogP contribution in [-0.4, -0.2) is 30.1 Å². The van der Waals surface area contributed by atoms with E-state index in [1.54, 1.807) is 31.2 Å².